The smallest absolute Gasteiger partial charge is 0.406 e. The number of aromatic nitrogens is 3. The van der Waals surface area contributed by atoms with Gasteiger partial charge in [-0.3, -0.25) is 4.79 Å². The number of alkyl halides is 3. The normalized spacial score (nSPS) is 18.7. The van der Waals surface area contributed by atoms with Gasteiger partial charge < -0.3 is 24.3 Å². The van der Waals surface area contributed by atoms with Crippen LogP contribution in [0.2, 0.25) is 0 Å². The van der Waals surface area contributed by atoms with Crippen LogP contribution in [0.4, 0.5) is 19.0 Å². The number of amides is 1. The average molecular weight is 552 g/mol. The minimum atomic E-state index is -4.81. The predicted octanol–water partition coefficient (Wildman–Crippen LogP) is 5.64. The first-order valence-corrected chi connectivity index (χ1v) is 13.0. The van der Waals surface area contributed by atoms with E-state index in [2.05, 4.69) is 21.5 Å². The molecule has 11 heteroatoms. The van der Waals surface area contributed by atoms with Crippen LogP contribution in [0.3, 0.4) is 0 Å². The number of carbonyl (C=O) groups excluding carboxylic acids is 1. The van der Waals surface area contributed by atoms with E-state index in [0.717, 1.165) is 45.7 Å². The van der Waals surface area contributed by atoms with Gasteiger partial charge in [-0.1, -0.05) is 12.1 Å². The van der Waals surface area contributed by atoms with E-state index in [-0.39, 0.29) is 29.8 Å². The van der Waals surface area contributed by atoms with E-state index in [1.54, 1.807) is 4.90 Å². The molecular weight excluding hydrogens is 523 g/mol. The highest BCUT2D eigenvalue weighted by Gasteiger charge is 2.45. The maximum absolute atomic E-state index is 13.8. The Morgan fingerprint density at radius 3 is 2.62 bits per heavy atom. The molecule has 2 aliphatic rings. The summed E-state index contributed by atoms with van der Waals surface area (Å²) in [4.78, 5) is 31.0. The molecule has 0 bridgehead atoms. The number of carbonyl (C=O) groups is 1. The number of rotatable bonds is 4. The van der Waals surface area contributed by atoms with Gasteiger partial charge in [0.2, 0.25) is 0 Å². The first kappa shape index (κ1) is 26.1. The number of nitrogens with zero attached hydrogens (tertiary/aromatic N) is 4. The Kier molecular flexibility index (Phi) is 6.21. The van der Waals surface area contributed by atoms with Crippen LogP contribution < -0.4 is 9.64 Å². The molecule has 2 aromatic carbocycles. The number of aromatic amines is 1. The minimum Gasteiger partial charge on any atom is -0.406 e. The third-order valence-electron chi connectivity index (χ3n) is 7.61. The topological polar surface area (TPSA) is 83.6 Å². The summed E-state index contributed by atoms with van der Waals surface area (Å²) in [7, 11) is 0. The third kappa shape index (κ3) is 4.53. The SMILES string of the molecule is C[C@@H]1COCCN1c1nc(-c2cccc3[nH]ccc23)nc2c1CN(C(=O)c1ccc(OC(F)(F)F)cc1)C2(C)C. The van der Waals surface area contributed by atoms with Gasteiger partial charge in [0, 0.05) is 40.3 Å². The number of fused-ring (bicyclic) bond motifs is 2. The Balaban J connectivity index is 1.43. The van der Waals surface area contributed by atoms with Gasteiger partial charge in [-0.15, -0.1) is 13.2 Å². The molecule has 1 amide bonds. The highest BCUT2D eigenvalue weighted by molar-refractivity contribution is 5.96. The summed E-state index contributed by atoms with van der Waals surface area (Å²) in [5.74, 6) is 0.622. The Hall–Kier alpha value is -4.12. The standard InChI is InChI=1S/C29H28F3N5O3/c1-17-16-39-14-13-36(17)26-22-15-37(27(38)18-7-9-19(10-8-18)40-29(30,31)32)28(2,3)24(22)34-25(35-26)21-5-4-6-23-20(21)11-12-33-23/h4-12,17,33H,13-16H2,1-3H3/t17-/m1/s1. The van der Waals surface area contributed by atoms with Crippen molar-refractivity contribution < 1.29 is 27.4 Å². The number of hydrogen-bond donors (Lipinski definition) is 1. The van der Waals surface area contributed by atoms with Gasteiger partial charge in [-0.25, -0.2) is 9.97 Å². The molecule has 6 rings (SSSR count). The zero-order chi connectivity index (χ0) is 28.2. The number of ether oxygens (including phenoxy) is 2. The van der Waals surface area contributed by atoms with Crippen molar-refractivity contribution in [1.29, 1.82) is 0 Å². The number of hydrogen-bond acceptors (Lipinski definition) is 6. The largest absolute Gasteiger partial charge is 0.573 e. The molecule has 0 spiro atoms. The van der Waals surface area contributed by atoms with Crippen molar-refractivity contribution in [1.82, 2.24) is 19.9 Å². The minimum absolute atomic E-state index is 0.0673. The molecule has 1 saturated heterocycles. The van der Waals surface area contributed by atoms with Crippen molar-refractivity contribution in [3.05, 3.63) is 71.5 Å². The molecule has 1 atom stereocenters. The first-order chi connectivity index (χ1) is 19.0. The van der Waals surface area contributed by atoms with E-state index in [1.165, 1.54) is 12.1 Å². The predicted molar refractivity (Wildman–Crippen MR) is 143 cm³/mol. The van der Waals surface area contributed by atoms with Crippen molar-refractivity contribution in [3.63, 3.8) is 0 Å². The highest BCUT2D eigenvalue weighted by atomic mass is 19.4. The van der Waals surface area contributed by atoms with E-state index in [0.29, 0.717) is 25.6 Å². The Bertz CT molecular complexity index is 1580. The van der Waals surface area contributed by atoms with Gasteiger partial charge >= 0.3 is 6.36 Å². The molecule has 2 aliphatic heterocycles. The summed E-state index contributed by atoms with van der Waals surface area (Å²) in [6, 6.07) is 13.0. The summed E-state index contributed by atoms with van der Waals surface area (Å²) in [5, 5.41) is 0.994. The van der Waals surface area contributed by atoms with E-state index in [1.807, 2.05) is 44.3 Å². The molecule has 0 unspecified atom stereocenters. The fourth-order valence-electron chi connectivity index (χ4n) is 5.57. The van der Waals surface area contributed by atoms with Crippen LogP contribution in [0.1, 0.15) is 42.4 Å². The second-order valence-corrected chi connectivity index (χ2v) is 10.6. The monoisotopic (exact) mass is 551 g/mol. The molecule has 0 aliphatic carbocycles. The van der Waals surface area contributed by atoms with Crippen LogP contribution in [-0.2, 0) is 16.8 Å². The Morgan fingerprint density at radius 1 is 1.12 bits per heavy atom. The van der Waals surface area contributed by atoms with E-state index >= 15 is 0 Å². The van der Waals surface area contributed by atoms with Crippen molar-refractivity contribution >= 4 is 22.6 Å². The molecule has 208 valence electrons. The number of morpholine rings is 1. The average Bonchev–Trinajstić information content (AvgIpc) is 3.50. The lowest BCUT2D eigenvalue weighted by Gasteiger charge is -2.35. The van der Waals surface area contributed by atoms with E-state index < -0.39 is 11.9 Å². The molecule has 0 radical (unpaired) electrons. The first-order valence-electron chi connectivity index (χ1n) is 13.0. The lowest BCUT2D eigenvalue weighted by Crippen LogP contribution is -2.44. The molecule has 1 N–H and O–H groups in total. The molecule has 2 aromatic heterocycles. The van der Waals surface area contributed by atoms with Crippen molar-refractivity contribution in [2.75, 3.05) is 24.7 Å². The molecule has 4 aromatic rings. The van der Waals surface area contributed by atoms with Crippen LogP contribution in [0.5, 0.6) is 5.75 Å². The van der Waals surface area contributed by atoms with Gasteiger partial charge in [0.15, 0.2) is 5.82 Å². The lowest BCUT2D eigenvalue weighted by molar-refractivity contribution is -0.274. The van der Waals surface area contributed by atoms with Gasteiger partial charge in [0.25, 0.3) is 5.91 Å². The van der Waals surface area contributed by atoms with Gasteiger partial charge in [-0.2, -0.15) is 0 Å². The van der Waals surface area contributed by atoms with Gasteiger partial charge in [-0.05, 0) is 57.2 Å². The quantitative estimate of drug-likeness (QED) is 0.354. The number of anilines is 1. The molecule has 1 fully saturated rings. The fourth-order valence-corrected chi connectivity index (χ4v) is 5.57. The third-order valence-corrected chi connectivity index (χ3v) is 7.61. The Morgan fingerprint density at radius 2 is 1.90 bits per heavy atom. The fraction of sp³-hybridized carbons (Fsp3) is 0.345. The number of halogens is 3. The number of H-pyrrole nitrogens is 1. The van der Waals surface area contributed by atoms with Crippen molar-refractivity contribution in [3.8, 4) is 17.1 Å². The van der Waals surface area contributed by atoms with E-state index in [9.17, 15) is 18.0 Å². The zero-order valence-corrected chi connectivity index (χ0v) is 22.2. The molecular formula is C29H28F3N5O3. The highest BCUT2D eigenvalue weighted by Crippen LogP contribution is 2.44. The molecule has 40 heavy (non-hydrogen) atoms. The maximum atomic E-state index is 13.8. The van der Waals surface area contributed by atoms with Crippen molar-refractivity contribution in [2.24, 2.45) is 0 Å². The van der Waals surface area contributed by atoms with Crippen molar-refractivity contribution in [2.45, 2.75) is 45.3 Å². The van der Waals surface area contributed by atoms with Crippen LogP contribution in [-0.4, -0.2) is 57.9 Å². The lowest BCUT2D eigenvalue weighted by atomic mass is 9.98. The maximum Gasteiger partial charge on any atom is 0.573 e. The summed E-state index contributed by atoms with van der Waals surface area (Å²) in [6.45, 7) is 7.96. The summed E-state index contributed by atoms with van der Waals surface area (Å²) >= 11 is 0. The Labute approximate surface area is 228 Å². The summed E-state index contributed by atoms with van der Waals surface area (Å²) < 4.78 is 47.5. The second kappa shape index (κ2) is 9.51. The summed E-state index contributed by atoms with van der Waals surface area (Å²) in [5.41, 5.74) is 2.88. The summed E-state index contributed by atoms with van der Waals surface area (Å²) in [6.07, 6.45) is -2.93. The van der Waals surface area contributed by atoms with Crippen LogP contribution in [0.15, 0.2) is 54.7 Å². The van der Waals surface area contributed by atoms with Crippen LogP contribution in [0, 0.1) is 0 Å². The second-order valence-electron chi connectivity index (χ2n) is 10.6. The van der Waals surface area contributed by atoms with Crippen LogP contribution >= 0.6 is 0 Å². The molecule has 4 heterocycles. The molecule has 8 nitrogen and oxygen atoms in total. The zero-order valence-electron chi connectivity index (χ0n) is 22.2. The number of nitrogens with one attached hydrogen (secondary N) is 1. The number of benzene rings is 2. The van der Waals surface area contributed by atoms with Gasteiger partial charge in [0.1, 0.15) is 11.6 Å². The van der Waals surface area contributed by atoms with Crippen LogP contribution in [0.25, 0.3) is 22.3 Å². The van der Waals surface area contributed by atoms with E-state index in [4.69, 9.17) is 14.7 Å². The molecule has 0 saturated carbocycles. The van der Waals surface area contributed by atoms with Gasteiger partial charge in [0.05, 0.1) is 37.0 Å².